The molecule has 0 unspecified atom stereocenters. The van der Waals surface area contributed by atoms with Gasteiger partial charge in [0.15, 0.2) is 0 Å². The number of aromatic nitrogens is 1. The SMILES string of the molecule is C/C=C\C/C=C(/Cc1c(-c2ccc(I)cc2)ccn1C(=O)OC(C)(C)C)C(C)C. The van der Waals surface area contributed by atoms with Crippen LogP contribution in [0.5, 0.6) is 0 Å². The lowest BCUT2D eigenvalue weighted by Crippen LogP contribution is -2.28. The van der Waals surface area contributed by atoms with Crippen LogP contribution in [0.2, 0.25) is 0 Å². The number of hydrogen-bond donors (Lipinski definition) is 0. The molecular weight excluding hydrogens is 473 g/mol. The number of hydrogen-bond acceptors (Lipinski definition) is 2. The standard InChI is InChI=1S/C25H32INO2/c1-7-8-9-10-20(18(2)3)17-23-22(19-11-13-21(26)14-12-19)15-16-27(23)24(28)29-25(4,5)6/h7-8,10-16,18H,9,17H2,1-6H3/b8-7-,20-10-. The number of halogens is 1. The summed E-state index contributed by atoms with van der Waals surface area (Å²) in [6.07, 6.45) is 9.60. The highest BCUT2D eigenvalue weighted by Gasteiger charge is 2.23. The lowest BCUT2D eigenvalue weighted by Gasteiger charge is -2.21. The molecule has 0 aliphatic heterocycles. The van der Waals surface area contributed by atoms with Crippen LogP contribution in [-0.2, 0) is 11.2 Å². The lowest BCUT2D eigenvalue weighted by atomic mass is 9.94. The van der Waals surface area contributed by atoms with Crippen LogP contribution in [0.1, 0.15) is 53.7 Å². The number of rotatable bonds is 6. The molecule has 29 heavy (non-hydrogen) atoms. The third-order valence-corrected chi connectivity index (χ3v) is 5.32. The molecule has 0 saturated carbocycles. The fraction of sp³-hybridized carbons (Fsp3) is 0.400. The summed E-state index contributed by atoms with van der Waals surface area (Å²) in [5.74, 6) is 0.395. The third-order valence-electron chi connectivity index (χ3n) is 4.60. The van der Waals surface area contributed by atoms with Gasteiger partial charge in [-0.15, -0.1) is 0 Å². The number of allylic oxidation sites excluding steroid dienone is 4. The van der Waals surface area contributed by atoms with Crippen LogP contribution in [0, 0.1) is 9.49 Å². The molecule has 1 heterocycles. The van der Waals surface area contributed by atoms with Gasteiger partial charge in [-0.2, -0.15) is 0 Å². The molecule has 0 atom stereocenters. The van der Waals surface area contributed by atoms with Crippen molar-refractivity contribution < 1.29 is 9.53 Å². The molecule has 0 bridgehead atoms. The summed E-state index contributed by atoms with van der Waals surface area (Å²) in [6, 6.07) is 10.4. The molecule has 1 aromatic heterocycles. The first kappa shape index (κ1) is 23.5. The molecule has 0 spiro atoms. The van der Waals surface area contributed by atoms with Gasteiger partial charge >= 0.3 is 6.09 Å². The maximum Gasteiger partial charge on any atom is 0.418 e. The molecule has 2 rings (SSSR count). The van der Waals surface area contributed by atoms with E-state index < -0.39 is 5.60 Å². The third kappa shape index (κ3) is 6.88. The van der Waals surface area contributed by atoms with Crippen molar-refractivity contribution in [3.63, 3.8) is 0 Å². The van der Waals surface area contributed by atoms with Gasteiger partial charge in [0.2, 0.25) is 0 Å². The van der Waals surface area contributed by atoms with Crippen molar-refractivity contribution in [3.8, 4) is 11.1 Å². The van der Waals surface area contributed by atoms with E-state index in [2.05, 4.69) is 78.9 Å². The number of benzene rings is 1. The van der Waals surface area contributed by atoms with Gasteiger partial charge in [0.1, 0.15) is 5.60 Å². The highest BCUT2D eigenvalue weighted by molar-refractivity contribution is 14.1. The number of nitrogens with zero attached hydrogens (tertiary/aromatic N) is 1. The van der Waals surface area contributed by atoms with Gasteiger partial charge in [0.25, 0.3) is 0 Å². The van der Waals surface area contributed by atoms with Crippen LogP contribution in [0.25, 0.3) is 11.1 Å². The molecule has 0 aliphatic rings. The maximum atomic E-state index is 12.9. The molecule has 1 aromatic carbocycles. The Labute approximate surface area is 189 Å². The van der Waals surface area contributed by atoms with Crippen LogP contribution in [0.3, 0.4) is 0 Å². The zero-order chi connectivity index (χ0) is 21.6. The minimum atomic E-state index is -0.537. The fourth-order valence-corrected chi connectivity index (χ4v) is 3.44. The summed E-state index contributed by atoms with van der Waals surface area (Å²) in [6.45, 7) is 12.1. The second kappa shape index (κ2) is 10.3. The summed E-state index contributed by atoms with van der Waals surface area (Å²) < 4.78 is 8.53. The van der Waals surface area contributed by atoms with Gasteiger partial charge in [0, 0.05) is 27.4 Å². The first-order chi connectivity index (χ1) is 13.6. The van der Waals surface area contributed by atoms with Crippen molar-refractivity contribution in [1.82, 2.24) is 4.57 Å². The van der Waals surface area contributed by atoms with E-state index >= 15 is 0 Å². The number of carbonyl (C=O) groups excluding carboxylic acids is 1. The molecule has 0 amide bonds. The van der Waals surface area contributed by atoms with Gasteiger partial charge in [-0.1, -0.05) is 49.8 Å². The molecule has 0 aliphatic carbocycles. The lowest BCUT2D eigenvalue weighted by molar-refractivity contribution is 0.0533. The Hall–Kier alpha value is -1.82. The topological polar surface area (TPSA) is 31.2 Å². The van der Waals surface area contributed by atoms with Crippen LogP contribution in [0.15, 0.2) is 60.3 Å². The Morgan fingerprint density at radius 3 is 2.38 bits per heavy atom. The molecule has 4 heteroatoms. The smallest absolute Gasteiger partial charge is 0.418 e. The summed E-state index contributed by atoms with van der Waals surface area (Å²) in [4.78, 5) is 12.9. The van der Waals surface area contributed by atoms with Crippen molar-refractivity contribution in [1.29, 1.82) is 0 Å². The Balaban J connectivity index is 2.51. The summed E-state index contributed by atoms with van der Waals surface area (Å²) in [5.41, 5.74) is 3.94. The average molecular weight is 505 g/mol. The average Bonchev–Trinajstić information content (AvgIpc) is 3.04. The predicted molar refractivity (Wildman–Crippen MR) is 130 cm³/mol. The van der Waals surface area contributed by atoms with Gasteiger partial charge in [-0.25, -0.2) is 4.79 Å². The highest BCUT2D eigenvalue weighted by Crippen LogP contribution is 2.30. The minimum Gasteiger partial charge on any atom is -0.443 e. The largest absolute Gasteiger partial charge is 0.443 e. The van der Waals surface area contributed by atoms with E-state index in [1.165, 1.54) is 9.14 Å². The molecule has 0 saturated heterocycles. The second-order valence-electron chi connectivity index (χ2n) is 8.45. The molecule has 2 aromatic rings. The maximum absolute atomic E-state index is 12.9. The van der Waals surface area contributed by atoms with E-state index in [1.807, 2.05) is 40.0 Å². The minimum absolute atomic E-state index is 0.333. The van der Waals surface area contributed by atoms with Gasteiger partial charge < -0.3 is 4.74 Å². The van der Waals surface area contributed by atoms with Gasteiger partial charge in [-0.3, -0.25) is 4.57 Å². The van der Waals surface area contributed by atoms with E-state index in [0.717, 1.165) is 23.2 Å². The van der Waals surface area contributed by atoms with Crippen LogP contribution in [-0.4, -0.2) is 16.3 Å². The first-order valence-electron chi connectivity index (χ1n) is 10.1. The Morgan fingerprint density at radius 2 is 1.83 bits per heavy atom. The molecule has 3 nitrogen and oxygen atoms in total. The molecule has 0 N–H and O–H groups in total. The molecule has 0 fully saturated rings. The first-order valence-corrected chi connectivity index (χ1v) is 11.2. The fourth-order valence-electron chi connectivity index (χ4n) is 3.08. The normalized spacial score (nSPS) is 12.8. The van der Waals surface area contributed by atoms with E-state index in [0.29, 0.717) is 12.3 Å². The van der Waals surface area contributed by atoms with Crippen LogP contribution < -0.4 is 0 Å². The quantitative estimate of drug-likeness (QED) is 0.299. The van der Waals surface area contributed by atoms with Crippen molar-refractivity contribution >= 4 is 28.7 Å². The van der Waals surface area contributed by atoms with E-state index in [1.54, 1.807) is 4.57 Å². The zero-order valence-corrected chi connectivity index (χ0v) is 20.5. The Bertz CT molecular complexity index is 881. The highest BCUT2D eigenvalue weighted by atomic mass is 127. The number of ether oxygens (including phenoxy) is 1. The van der Waals surface area contributed by atoms with Gasteiger partial charge in [-0.05, 0) is 86.4 Å². The summed E-state index contributed by atoms with van der Waals surface area (Å²) in [5, 5.41) is 0. The van der Waals surface area contributed by atoms with Crippen molar-refractivity contribution in [3.05, 3.63) is 69.6 Å². The summed E-state index contributed by atoms with van der Waals surface area (Å²) in [7, 11) is 0. The summed E-state index contributed by atoms with van der Waals surface area (Å²) >= 11 is 2.31. The van der Waals surface area contributed by atoms with Crippen molar-refractivity contribution in [2.45, 2.75) is 60.0 Å². The van der Waals surface area contributed by atoms with E-state index in [4.69, 9.17) is 4.74 Å². The van der Waals surface area contributed by atoms with Crippen LogP contribution >= 0.6 is 22.6 Å². The second-order valence-corrected chi connectivity index (χ2v) is 9.69. The van der Waals surface area contributed by atoms with Gasteiger partial charge in [0.05, 0.1) is 0 Å². The van der Waals surface area contributed by atoms with Crippen molar-refractivity contribution in [2.75, 3.05) is 0 Å². The van der Waals surface area contributed by atoms with Crippen molar-refractivity contribution in [2.24, 2.45) is 5.92 Å². The zero-order valence-electron chi connectivity index (χ0n) is 18.3. The Morgan fingerprint density at radius 1 is 1.17 bits per heavy atom. The molecule has 0 radical (unpaired) electrons. The van der Waals surface area contributed by atoms with E-state index in [-0.39, 0.29) is 6.09 Å². The monoisotopic (exact) mass is 505 g/mol. The Kier molecular flexibility index (Phi) is 8.32. The number of carbonyl (C=O) groups is 1. The van der Waals surface area contributed by atoms with Crippen LogP contribution in [0.4, 0.5) is 4.79 Å². The van der Waals surface area contributed by atoms with E-state index in [9.17, 15) is 4.79 Å². The predicted octanol–water partition coefficient (Wildman–Crippen LogP) is 7.63. The molecular formula is C25H32INO2. The molecule has 156 valence electrons.